The lowest BCUT2D eigenvalue weighted by molar-refractivity contribution is -0.132. The summed E-state index contributed by atoms with van der Waals surface area (Å²) < 4.78 is 0. The van der Waals surface area contributed by atoms with Gasteiger partial charge < -0.3 is 21.7 Å². The molecule has 0 saturated heterocycles. The summed E-state index contributed by atoms with van der Waals surface area (Å²) in [6, 6.07) is -0.891. The highest BCUT2D eigenvalue weighted by atomic mass is 32.1. The van der Waals surface area contributed by atoms with Crippen LogP contribution in [0.4, 0.5) is 0 Å². The minimum absolute atomic E-state index is 0.0666. The van der Waals surface area contributed by atoms with Crippen LogP contribution in [0.25, 0.3) is 0 Å². The van der Waals surface area contributed by atoms with E-state index >= 15 is 0 Å². The second-order valence-corrected chi connectivity index (χ2v) is 5.77. The van der Waals surface area contributed by atoms with Crippen molar-refractivity contribution < 1.29 is 19.2 Å². The smallest absolute Gasteiger partial charge is 0.240 e. The van der Waals surface area contributed by atoms with Crippen molar-refractivity contribution in [3.05, 3.63) is 0 Å². The number of hydrogen-bond donors (Lipinski definition) is 5. The maximum absolute atomic E-state index is 11.8. The van der Waals surface area contributed by atoms with Gasteiger partial charge >= 0.3 is 0 Å². The van der Waals surface area contributed by atoms with E-state index in [1.54, 1.807) is 13.8 Å². The maximum atomic E-state index is 11.8. The van der Waals surface area contributed by atoms with Gasteiger partial charge in [0.2, 0.25) is 23.6 Å². The molecule has 1 atom stereocenters. The molecule has 0 spiro atoms. The second-order valence-electron chi connectivity index (χ2n) is 5.40. The first-order chi connectivity index (χ1) is 10.1. The minimum atomic E-state index is -0.891. The van der Waals surface area contributed by atoms with Crippen LogP contribution in [0.5, 0.6) is 0 Å². The van der Waals surface area contributed by atoms with Crippen molar-refractivity contribution in [3.8, 4) is 0 Å². The fourth-order valence-electron chi connectivity index (χ4n) is 1.25. The molecule has 9 heteroatoms. The summed E-state index contributed by atoms with van der Waals surface area (Å²) in [5.41, 5.74) is 4.49. The number of thiol groups is 1. The van der Waals surface area contributed by atoms with Crippen molar-refractivity contribution >= 4 is 36.3 Å². The molecule has 0 radical (unpaired) electrons. The van der Waals surface area contributed by atoms with E-state index in [0.29, 0.717) is 6.42 Å². The number of amides is 4. The van der Waals surface area contributed by atoms with Crippen LogP contribution in [0, 0.1) is 5.41 Å². The predicted molar refractivity (Wildman–Crippen MR) is 85.1 cm³/mol. The zero-order chi connectivity index (χ0) is 17.3. The molecule has 0 heterocycles. The molecule has 0 aliphatic carbocycles. The molecule has 1 unspecified atom stereocenters. The SMILES string of the molecule is CCC(C)(C)C(=O)NCC(=O)NCC(=O)NC(CS)C(N)=O. The summed E-state index contributed by atoms with van der Waals surface area (Å²) in [5.74, 6) is -1.94. The molecule has 0 aromatic rings. The van der Waals surface area contributed by atoms with E-state index < -0.39 is 29.2 Å². The number of carbonyl (C=O) groups is 4. The fraction of sp³-hybridized carbons (Fsp3) is 0.692. The molecule has 0 aromatic carbocycles. The summed E-state index contributed by atoms with van der Waals surface area (Å²) in [7, 11) is 0. The largest absolute Gasteiger partial charge is 0.368 e. The van der Waals surface area contributed by atoms with Crippen LogP contribution in [0.1, 0.15) is 27.2 Å². The highest BCUT2D eigenvalue weighted by Crippen LogP contribution is 2.18. The Labute approximate surface area is 135 Å². The molecular weight excluding hydrogens is 308 g/mol. The van der Waals surface area contributed by atoms with Crippen LogP contribution in [0.2, 0.25) is 0 Å². The predicted octanol–water partition coefficient (Wildman–Crippen LogP) is -1.45. The standard InChI is InChI=1S/C13H24N4O4S/c1-4-13(2,3)12(21)16-5-9(18)15-6-10(19)17-8(7-22)11(14)20/h8,22H,4-7H2,1-3H3,(H2,14,20)(H,15,18)(H,16,21)(H,17,19). The molecule has 0 saturated carbocycles. The molecule has 0 aromatic heterocycles. The van der Waals surface area contributed by atoms with Gasteiger partial charge in [-0.25, -0.2) is 0 Å². The lowest BCUT2D eigenvalue weighted by atomic mass is 9.89. The first kappa shape index (κ1) is 20.2. The van der Waals surface area contributed by atoms with E-state index in [9.17, 15) is 19.2 Å². The topological polar surface area (TPSA) is 130 Å². The first-order valence-corrected chi connectivity index (χ1v) is 7.51. The third-order valence-electron chi connectivity index (χ3n) is 3.22. The second kappa shape index (κ2) is 9.29. The van der Waals surface area contributed by atoms with Crippen LogP contribution in [-0.2, 0) is 19.2 Å². The Bertz CT molecular complexity index is 440. The highest BCUT2D eigenvalue weighted by molar-refractivity contribution is 7.80. The van der Waals surface area contributed by atoms with Gasteiger partial charge in [-0.15, -0.1) is 0 Å². The van der Waals surface area contributed by atoms with E-state index in [4.69, 9.17) is 5.73 Å². The number of nitrogens with one attached hydrogen (secondary N) is 3. The number of carbonyl (C=O) groups excluding carboxylic acids is 4. The molecule has 0 bridgehead atoms. The van der Waals surface area contributed by atoms with Gasteiger partial charge in [0.15, 0.2) is 0 Å². The fourth-order valence-corrected chi connectivity index (χ4v) is 1.53. The zero-order valence-corrected chi connectivity index (χ0v) is 14.0. The van der Waals surface area contributed by atoms with Gasteiger partial charge in [0.25, 0.3) is 0 Å². The van der Waals surface area contributed by atoms with Crippen LogP contribution < -0.4 is 21.7 Å². The van der Waals surface area contributed by atoms with E-state index in [1.807, 2.05) is 6.92 Å². The van der Waals surface area contributed by atoms with Crippen molar-refractivity contribution in [1.82, 2.24) is 16.0 Å². The molecule has 0 aliphatic heterocycles. The number of primary amides is 1. The van der Waals surface area contributed by atoms with Crippen molar-refractivity contribution in [3.63, 3.8) is 0 Å². The Morgan fingerprint density at radius 1 is 1.09 bits per heavy atom. The van der Waals surface area contributed by atoms with Crippen molar-refractivity contribution in [1.29, 1.82) is 0 Å². The van der Waals surface area contributed by atoms with Crippen molar-refractivity contribution in [2.24, 2.45) is 11.1 Å². The van der Waals surface area contributed by atoms with E-state index in [2.05, 4.69) is 28.6 Å². The molecule has 0 fully saturated rings. The lowest BCUT2D eigenvalue weighted by Crippen LogP contribution is -2.50. The molecule has 0 rings (SSSR count). The molecular formula is C13H24N4O4S. The quantitative estimate of drug-likeness (QED) is 0.331. The van der Waals surface area contributed by atoms with Gasteiger partial charge in [-0.05, 0) is 6.42 Å². The molecule has 126 valence electrons. The number of hydrogen-bond acceptors (Lipinski definition) is 5. The van der Waals surface area contributed by atoms with Gasteiger partial charge in [0.1, 0.15) is 6.04 Å². The summed E-state index contributed by atoms with van der Waals surface area (Å²) in [4.78, 5) is 45.7. The number of nitrogens with two attached hydrogens (primary N) is 1. The normalized spacial score (nSPS) is 12.2. The lowest BCUT2D eigenvalue weighted by Gasteiger charge is -2.21. The summed E-state index contributed by atoms with van der Waals surface area (Å²) in [6.07, 6.45) is 0.640. The molecule has 4 amide bonds. The van der Waals surface area contributed by atoms with Crippen molar-refractivity contribution in [2.75, 3.05) is 18.8 Å². The Morgan fingerprint density at radius 3 is 2.09 bits per heavy atom. The average Bonchev–Trinajstić information content (AvgIpc) is 2.47. The van der Waals surface area contributed by atoms with Gasteiger partial charge in [-0.3, -0.25) is 19.2 Å². The van der Waals surface area contributed by atoms with E-state index in [0.717, 1.165) is 0 Å². The van der Waals surface area contributed by atoms with Gasteiger partial charge in [0, 0.05) is 11.2 Å². The number of rotatable bonds is 9. The summed E-state index contributed by atoms with van der Waals surface area (Å²) in [6.45, 7) is 4.88. The molecule has 5 N–H and O–H groups in total. The third-order valence-corrected chi connectivity index (χ3v) is 3.58. The summed E-state index contributed by atoms with van der Waals surface area (Å²) in [5, 5.41) is 7.16. The monoisotopic (exact) mass is 332 g/mol. The first-order valence-electron chi connectivity index (χ1n) is 6.88. The van der Waals surface area contributed by atoms with Gasteiger partial charge in [-0.1, -0.05) is 20.8 Å². The molecule has 0 aliphatic rings. The van der Waals surface area contributed by atoms with E-state index in [-0.39, 0.29) is 24.7 Å². The Hall–Kier alpha value is -1.77. The zero-order valence-electron chi connectivity index (χ0n) is 13.1. The van der Waals surface area contributed by atoms with E-state index in [1.165, 1.54) is 0 Å². The molecule has 22 heavy (non-hydrogen) atoms. The van der Waals surface area contributed by atoms with Crippen LogP contribution in [-0.4, -0.2) is 48.5 Å². The summed E-state index contributed by atoms with van der Waals surface area (Å²) >= 11 is 3.88. The highest BCUT2D eigenvalue weighted by Gasteiger charge is 2.25. The van der Waals surface area contributed by atoms with Crippen molar-refractivity contribution in [2.45, 2.75) is 33.2 Å². The maximum Gasteiger partial charge on any atom is 0.240 e. The van der Waals surface area contributed by atoms with Gasteiger partial charge in [0.05, 0.1) is 13.1 Å². The third kappa shape index (κ3) is 7.30. The van der Waals surface area contributed by atoms with Gasteiger partial charge in [-0.2, -0.15) is 12.6 Å². The van der Waals surface area contributed by atoms with Crippen LogP contribution in [0.3, 0.4) is 0 Å². The Morgan fingerprint density at radius 2 is 1.64 bits per heavy atom. The average molecular weight is 332 g/mol. The Kier molecular flexibility index (Phi) is 8.54. The molecule has 8 nitrogen and oxygen atoms in total. The van der Waals surface area contributed by atoms with Crippen LogP contribution in [0.15, 0.2) is 0 Å². The Balaban J connectivity index is 4.12. The van der Waals surface area contributed by atoms with Crippen LogP contribution >= 0.6 is 12.6 Å². The minimum Gasteiger partial charge on any atom is -0.368 e.